The van der Waals surface area contributed by atoms with Crippen LogP contribution in [-0.2, 0) is 4.74 Å². The highest BCUT2D eigenvalue weighted by Gasteiger charge is 2.24. The Morgan fingerprint density at radius 2 is 2.11 bits per heavy atom. The van der Waals surface area contributed by atoms with Crippen molar-refractivity contribution < 1.29 is 9.53 Å². The molecule has 4 nitrogen and oxygen atoms in total. The van der Waals surface area contributed by atoms with Gasteiger partial charge in [-0.2, -0.15) is 0 Å². The van der Waals surface area contributed by atoms with E-state index >= 15 is 0 Å². The Bertz CT molecular complexity index is 493. The molecule has 6 heteroatoms. The van der Waals surface area contributed by atoms with E-state index in [0.717, 1.165) is 28.3 Å². The van der Waals surface area contributed by atoms with E-state index in [0.29, 0.717) is 16.7 Å². The van der Waals surface area contributed by atoms with E-state index in [1.165, 1.54) is 18.4 Å². The fourth-order valence-electron chi connectivity index (χ4n) is 1.62. The summed E-state index contributed by atoms with van der Waals surface area (Å²) in [5.41, 5.74) is 1.53. The maximum absolute atomic E-state index is 11.8. The summed E-state index contributed by atoms with van der Waals surface area (Å²) in [5, 5.41) is 7.62. The van der Waals surface area contributed by atoms with Crippen LogP contribution >= 0.6 is 23.6 Å². The number of nitrogens with one attached hydrogen (secondary N) is 2. The van der Waals surface area contributed by atoms with Crippen molar-refractivity contribution in [2.75, 3.05) is 12.4 Å². The van der Waals surface area contributed by atoms with Crippen LogP contribution in [0.1, 0.15) is 33.6 Å². The van der Waals surface area contributed by atoms with E-state index in [2.05, 4.69) is 10.6 Å². The highest BCUT2D eigenvalue weighted by molar-refractivity contribution is 7.80. The van der Waals surface area contributed by atoms with Crippen molar-refractivity contribution in [3.63, 3.8) is 0 Å². The van der Waals surface area contributed by atoms with Crippen molar-refractivity contribution in [3.8, 4) is 0 Å². The van der Waals surface area contributed by atoms with E-state index in [4.69, 9.17) is 17.0 Å². The molecule has 0 radical (unpaired) electrons. The third-order valence-corrected chi connectivity index (χ3v) is 4.26. The van der Waals surface area contributed by atoms with E-state index in [9.17, 15) is 4.79 Å². The largest absolute Gasteiger partial charge is 0.465 e. The van der Waals surface area contributed by atoms with Gasteiger partial charge in [0.1, 0.15) is 5.00 Å². The van der Waals surface area contributed by atoms with Gasteiger partial charge in [-0.25, -0.2) is 4.79 Å². The van der Waals surface area contributed by atoms with Crippen LogP contribution in [0.25, 0.3) is 0 Å². The first-order valence-electron chi connectivity index (χ1n) is 5.78. The summed E-state index contributed by atoms with van der Waals surface area (Å²) in [5.74, 6) is -0.325. The smallest absolute Gasteiger partial charge is 0.341 e. The summed E-state index contributed by atoms with van der Waals surface area (Å²) < 4.78 is 4.81. The minimum atomic E-state index is -0.325. The summed E-state index contributed by atoms with van der Waals surface area (Å²) in [6.45, 7) is 3.90. The van der Waals surface area contributed by atoms with Gasteiger partial charge < -0.3 is 15.4 Å². The standard InChI is InChI=1S/C12H16N2O2S2/c1-6-7(2)18-10(9(6)11(15)16-3)14-12(17)13-8-4-5-8/h8H,4-5H2,1-3H3,(H2,13,14,17). The molecule has 1 aromatic heterocycles. The molecule has 0 spiro atoms. The van der Waals surface area contributed by atoms with Gasteiger partial charge in [-0.3, -0.25) is 0 Å². The number of hydrogen-bond acceptors (Lipinski definition) is 4. The maximum atomic E-state index is 11.8. The molecule has 0 amide bonds. The first kappa shape index (κ1) is 13.3. The lowest BCUT2D eigenvalue weighted by atomic mass is 10.1. The second kappa shape index (κ2) is 5.24. The van der Waals surface area contributed by atoms with Crippen LogP contribution in [0, 0.1) is 13.8 Å². The summed E-state index contributed by atoms with van der Waals surface area (Å²) in [6.07, 6.45) is 2.32. The number of anilines is 1. The number of esters is 1. The summed E-state index contributed by atoms with van der Waals surface area (Å²) >= 11 is 6.74. The van der Waals surface area contributed by atoms with E-state index < -0.39 is 0 Å². The Morgan fingerprint density at radius 3 is 2.67 bits per heavy atom. The molecule has 0 saturated heterocycles. The van der Waals surface area contributed by atoms with Crippen LogP contribution in [-0.4, -0.2) is 24.2 Å². The second-order valence-corrected chi connectivity index (χ2v) is 5.98. The second-order valence-electron chi connectivity index (χ2n) is 4.35. The van der Waals surface area contributed by atoms with Gasteiger partial charge in [0.25, 0.3) is 0 Å². The van der Waals surface area contributed by atoms with Gasteiger partial charge in [0.2, 0.25) is 0 Å². The van der Waals surface area contributed by atoms with Crippen LogP contribution in [0.15, 0.2) is 0 Å². The predicted molar refractivity (Wildman–Crippen MR) is 77.5 cm³/mol. The molecule has 98 valence electrons. The van der Waals surface area contributed by atoms with Crippen molar-refractivity contribution >= 4 is 39.6 Å². The van der Waals surface area contributed by atoms with Gasteiger partial charge in [-0.05, 0) is 44.5 Å². The fraction of sp³-hybridized carbons (Fsp3) is 0.500. The molecule has 1 aromatic rings. The third-order valence-electron chi connectivity index (χ3n) is 2.91. The molecular weight excluding hydrogens is 268 g/mol. The predicted octanol–water partition coefficient (Wildman–Crippen LogP) is 2.60. The molecule has 1 aliphatic rings. The number of methoxy groups -OCH3 is 1. The number of carbonyl (C=O) groups is 1. The van der Waals surface area contributed by atoms with Gasteiger partial charge in [0, 0.05) is 10.9 Å². The monoisotopic (exact) mass is 284 g/mol. The molecule has 0 bridgehead atoms. The molecule has 1 fully saturated rings. The van der Waals surface area contributed by atoms with Crippen LogP contribution in [0.4, 0.5) is 5.00 Å². The average Bonchev–Trinajstić information content (AvgIpc) is 3.07. The van der Waals surface area contributed by atoms with Crippen LogP contribution in [0.3, 0.4) is 0 Å². The highest BCUT2D eigenvalue weighted by atomic mass is 32.1. The Labute approximate surface area is 116 Å². The number of ether oxygens (including phenoxy) is 1. The van der Waals surface area contributed by atoms with Gasteiger partial charge in [0.15, 0.2) is 5.11 Å². The minimum Gasteiger partial charge on any atom is -0.465 e. The van der Waals surface area contributed by atoms with Crippen LogP contribution in [0.5, 0.6) is 0 Å². The number of aryl methyl sites for hydroxylation is 1. The van der Waals surface area contributed by atoms with E-state index in [1.807, 2.05) is 13.8 Å². The molecule has 2 rings (SSSR count). The van der Waals surface area contributed by atoms with Crippen molar-refractivity contribution in [2.24, 2.45) is 0 Å². The molecule has 18 heavy (non-hydrogen) atoms. The molecule has 2 N–H and O–H groups in total. The van der Waals surface area contributed by atoms with Gasteiger partial charge >= 0.3 is 5.97 Å². The normalized spacial score (nSPS) is 14.2. The molecular formula is C12H16N2O2S2. The summed E-state index contributed by atoms with van der Waals surface area (Å²) in [4.78, 5) is 12.9. The highest BCUT2D eigenvalue weighted by Crippen LogP contribution is 2.33. The molecule has 0 aromatic carbocycles. The quantitative estimate of drug-likeness (QED) is 0.660. The van der Waals surface area contributed by atoms with Crippen molar-refractivity contribution in [3.05, 3.63) is 16.0 Å². The first-order valence-corrected chi connectivity index (χ1v) is 7.01. The molecule has 1 aliphatic carbocycles. The van der Waals surface area contributed by atoms with Crippen molar-refractivity contribution in [1.82, 2.24) is 5.32 Å². The van der Waals surface area contributed by atoms with Gasteiger partial charge in [-0.1, -0.05) is 0 Å². The zero-order chi connectivity index (χ0) is 13.3. The SMILES string of the molecule is COC(=O)c1c(NC(=S)NC2CC2)sc(C)c1C. The Hall–Kier alpha value is -1.14. The van der Waals surface area contributed by atoms with Gasteiger partial charge in [-0.15, -0.1) is 11.3 Å². The molecule has 0 atom stereocenters. The Balaban J connectivity index is 2.17. The Kier molecular flexibility index (Phi) is 3.87. The van der Waals surface area contributed by atoms with E-state index in [1.54, 1.807) is 0 Å². The minimum absolute atomic E-state index is 0.325. The zero-order valence-electron chi connectivity index (χ0n) is 10.6. The van der Waals surface area contributed by atoms with Crippen molar-refractivity contribution in [1.29, 1.82) is 0 Å². The lowest BCUT2D eigenvalue weighted by Gasteiger charge is -2.09. The maximum Gasteiger partial charge on any atom is 0.341 e. The van der Waals surface area contributed by atoms with Gasteiger partial charge in [0.05, 0.1) is 12.7 Å². The molecule has 0 aliphatic heterocycles. The summed E-state index contributed by atoms with van der Waals surface area (Å²) in [6, 6.07) is 0.494. The molecule has 1 heterocycles. The number of rotatable bonds is 3. The number of carbonyl (C=O) groups excluding carboxylic acids is 1. The Morgan fingerprint density at radius 1 is 1.44 bits per heavy atom. The zero-order valence-corrected chi connectivity index (χ0v) is 12.3. The number of hydrogen-bond donors (Lipinski definition) is 2. The molecule has 1 saturated carbocycles. The third kappa shape index (κ3) is 2.81. The first-order chi connectivity index (χ1) is 8.52. The van der Waals surface area contributed by atoms with Crippen LogP contribution in [0.2, 0.25) is 0 Å². The number of thiophene rings is 1. The lowest BCUT2D eigenvalue weighted by Crippen LogP contribution is -2.30. The molecule has 0 unspecified atom stereocenters. The topological polar surface area (TPSA) is 50.4 Å². The van der Waals surface area contributed by atoms with Crippen LogP contribution < -0.4 is 10.6 Å². The van der Waals surface area contributed by atoms with E-state index in [-0.39, 0.29) is 5.97 Å². The number of thiocarbonyl (C=S) groups is 1. The fourth-order valence-corrected chi connectivity index (χ4v) is 3.00. The van der Waals surface area contributed by atoms with Crippen molar-refractivity contribution in [2.45, 2.75) is 32.7 Å². The average molecular weight is 284 g/mol. The summed E-state index contributed by atoms with van der Waals surface area (Å²) in [7, 11) is 1.39. The lowest BCUT2D eigenvalue weighted by molar-refractivity contribution is 0.0601.